The monoisotopic (exact) mass is 428 g/mol. The quantitative estimate of drug-likeness (QED) is 0.384. The summed E-state index contributed by atoms with van der Waals surface area (Å²) in [4.78, 5) is 16.1. The highest BCUT2D eigenvalue weighted by Gasteiger charge is 2.38. The summed E-state index contributed by atoms with van der Waals surface area (Å²) < 4.78 is 48.3. The van der Waals surface area contributed by atoms with E-state index in [1.807, 2.05) is 24.3 Å². The molecule has 0 heterocycles. The molecule has 7 nitrogen and oxygen atoms in total. The third kappa shape index (κ3) is 7.04. The molecule has 2 aromatic rings. The second kappa shape index (κ2) is 9.67. The van der Waals surface area contributed by atoms with E-state index in [0.717, 1.165) is 24.2 Å². The van der Waals surface area contributed by atoms with E-state index in [-0.39, 0.29) is 12.8 Å². The van der Waals surface area contributed by atoms with Crippen molar-refractivity contribution in [3.8, 4) is 11.5 Å². The molecule has 9 heteroatoms. The Morgan fingerprint density at radius 3 is 1.79 bits per heavy atom. The molecule has 0 radical (unpaired) electrons. The van der Waals surface area contributed by atoms with Gasteiger partial charge in [0.05, 0.1) is 0 Å². The molecule has 154 valence electrons. The number of hydrogen-bond acceptors (Lipinski definition) is 4. The van der Waals surface area contributed by atoms with Crippen molar-refractivity contribution < 1.29 is 32.1 Å². The molecule has 0 bridgehead atoms. The van der Waals surface area contributed by atoms with Crippen LogP contribution in [0.3, 0.4) is 0 Å². The fourth-order valence-electron chi connectivity index (χ4n) is 2.84. The summed E-state index contributed by atoms with van der Waals surface area (Å²) in [6.45, 7) is 2.13. The molecule has 0 amide bonds. The summed E-state index contributed by atoms with van der Waals surface area (Å²) in [6, 6.07) is 15.0. The van der Waals surface area contributed by atoms with Crippen LogP contribution in [0.2, 0.25) is 0 Å². The Balaban J connectivity index is 1.91. The lowest BCUT2D eigenvalue weighted by atomic mass is 10.1. The van der Waals surface area contributed by atoms with Crippen LogP contribution in [0.5, 0.6) is 11.5 Å². The Morgan fingerprint density at radius 1 is 0.929 bits per heavy atom. The topological polar surface area (TPSA) is 121 Å². The molecule has 0 aliphatic rings. The third-order valence-corrected chi connectivity index (χ3v) is 7.81. The van der Waals surface area contributed by atoms with Gasteiger partial charge in [-0.15, -0.1) is 0 Å². The molecule has 0 fully saturated rings. The van der Waals surface area contributed by atoms with Gasteiger partial charge >= 0.3 is 7.60 Å². The fraction of sp³-hybridized carbons (Fsp3) is 0.368. The van der Waals surface area contributed by atoms with Crippen molar-refractivity contribution in [1.82, 2.24) is 0 Å². The molecule has 0 aliphatic carbocycles. The van der Waals surface area contributed by atoms with Crippen LogP contribution in [0.25, 0.3) is 0 Å². The van der Waals surface area contributed by atoms with Gasteiger partial charge in [0, 0.05) is 0 Å². The summed E-state index contributed by atoms with van der Waals surface area (Å²) in [5.41, 5.74) is 2.12. The first-order chi connectivity index (χ1) is 13.1. The summed E-state index contributed by atoms with van der Waals surface area (Å²) in [5.74, 6) is 1.38. The van der Waals surface area contributed by atoms with Gasteiger partial charge in [-0.3, -0.25) is 9.12 Å². The minimum atomic E-state index is -4.93. The van der Waals surface area contributed by atoms with Crippen LogP contribution in [0.4, 0.5) is 0 Å². The number of hydrogen-bond donors (Lipinski definition) is 3. The first kappa shape index (κ1) is 22.6. The maximum atomic E-state index is 11.2. The van der Waals surface area contributed by atoms with Gasteiger partial charge in [0.1, 0.15) is 11.5 Å². The van der Waals surface area contributed by atoms with Crippen LogP contribution in [-0.2, 0) is 27.5 Å². The van der Waals surface area contributed by atoms with E-state index in [2.05, 4.69) is 6.92 Å². The highest BCUT2D eigenvalue weighted by Crippen LogP contribution is 2.46. The van der Waals surface area contributed by atoms with Crippen molar-refractivity contribution in [1.29, 1.82) is 0 Å². The molecule has 28 heavy (non-hydrogen) atoms. The lowest BCUT2D eigenvalue weighted by Crippen LogP contribution is -2.20. The molecule has 0 aliphatic heterocycles. The van der Waals surface area contributed by atoms with E-state index in [1.54, 1.807) is 24.3 Å². The molecule has 2 rings (SSSR count). The third-order valence-electron chi connectivity index (χ3n) is 4.26. The maximum absolute atomic E-state index is 11.2. The first-order valence-electron chi connectivity index (χ1n) is 8.97. The number of rotatable bonds is 10. The van der Waals surface area contributed by atoms with Gasteiger partial charge in [0.15, 0.2) is 4.99 Å². The summed E-state index contributed by atoms with van der Waals surface area (Å²) >= 11 is 0. The molecule has 1 unspecified atom stereocenters. The number of ether oxygens (including phenoxy) is 1. The summed E-state index contributed by atoms with van der Waals surface area (Å²) in [7, 11) is -9.74. The van der Waals surface area contributed by atoms with Crippen LogP contribution in [0.15, 0.2) is 48.5 Å². The highest BCUT2D eigenvalue weighted by atomic mass is 32.2. The Kier molecular flexibility index (Phi) is 7.80. The molecular formula is C19H25O7PS. The van der Waals surface area contributed by atoms with Gasteiger partial charge in [-0.2, -0.15) is 8.42 Å². The minimum absolute atomic E-state index is 0.203. The van der Waals surface area contributed by atoms with Crippen LogP contribution < -0.4 is 4.74 Å². The lowest BCUT2D eigenvalue weighted by Gasteiger charge is -2.15. The number of benzene rings is 2. The van der Waals surface area contributed by atoms with Crippen molar-refractivity contribution in [3.05, 3.63) is 59.7 Å². The van der Waals surface area contributed by atoms with E-state index in [1.165, 1.54) is 5.56 Å². The van der Waals surface area contributed by atoms with Gasteiger partial charge in [-0.05, 0) is 61.1 Å². The SMILES string of the molecule is CCCc1ccc(Oc2ccc(CCCC(P(=O)(O)O)S(=O)(=O)O)cc2)cc1. The summed E-state index contributed by atoms with van der Waals surface area (Å²) in [6.07, 6.45) is 2.40. The standard InChI is InChI=1S/C19H25O7PS/c1-2-4-15-7-11-17(12-8-15)26-18-13-9-16(10-14-18)5-3-6-19(27(20,21)22)28(23,24)25/h7-14,19H,2-6H2,1H3,(H2,20,21,22)(H,23,24,25). The molecule has 0 saturated carbocycles. The average molecular weight is 428 g/mol. The fourth-order valence-corrected chi connectivity index (χ4v) is 5.22. The molecule has 3 N–H and O–H groups in total. The second-order valence-electron chi connectivity index (χ2n) is 6.59. The predicted molar refractivity (Wildman–Crippen MR) is 107 cm³/mol. The van der Waals surface area contributed by atoms with E-state index in [9.17, 15) is 13.0 Å². The predicted octanol–water partition coefficient (Wildman–Crippen LogP) is 4.15. The molecule has 0 saturated heterocycles. The van der Waals surface area contributed by atoms with Crippen LogP contribution in [0, 0.1) is 0 Å². The van der Waals surface area contributed by atoms with Crippen molar-refractivity contribution in [2.45, 2.75) is 44.0 Å². The smallest absolute Gasteiger partial charge is 0.346 e. The van der Waals surface area contributed by atoms with E-state index < -0.39 is 22.7 Å². The van der Waals surface area contributed by atoms with Crippen molar-refractivity contribution in [3.63, 3.8) is 0 Å². The van der Waals surface area contributed by atoms with Crippen molar-refractivity contribution in [2.24, 2.45) is 0 Å². The number of aryl methyl sites for hydroxylation is 2. The Hall–Kier alpha value is -1.70. The zero-order valence-electron chi connectivity index (χ0n) is 15.6. The van der Waals surface area contributed by atoms with Crippen molar-refractivity contribution >= 4 is 17.7 Å². The van der Waals surface area contributed by atoms with Crippen LogP contribution >= 0.6 is 7.60 Å². The van der Waals surface area contributed by atoms with Gasteiger partial charge in [0.25, 0.3) is 10.1 Å². The van der Waals surface area contributed by atoms with Crippen molar-refractivity contribution in [2.75, 3.05) is 0 Å². The first-order valence-corrected chi connectivity index (χ1v) is 12.2. The molecule has 0 aromatic heterocycles. The van der Waals surface area contributed by atoms with E-state index in [0.29, 0.717) is 12.2 Å². The van der Waals surface area contributed by atoms with Crippen LogP contribution in [0.1, 0.15) is 37.3 Å². The molecule has 0 spiro atoms. The van der Waals surface area contributed by atoms with Gasteiger partial charge in [0.2, 0.25) is 0 Å². The van der Waals surface area contributed by atoms with E-state index in [4.69, 9.17) is 19.1 Å². The Bertz CT molecular complexity index is 902. The average Bonchev–Trinajstić information content (AvgIpc) is 2.60. The zero-order valence-corrected chi connectivity index (χ0v) is 17.3. The minimum Gasteiger partial charge on any atom is -0.457 e. The maximum Gasteiger partial charge on any atom is 0.346 e. The zero-order chi connectivity index (χ0) is 20.8. The van der Waals surface area contributed by atoms with E-state index >= 15 is 0 Å². The van der Waals surface area contributed by atoms with Crippen LogP contribution in [-0.4, -0.2) is 27.7 Å². The summed E-state index contributed by atoms with van der Waals surface area (Å²) in [5, 5.41) is 0. The highest BCUT2D eigenvalue weighted by molar-refractivity contribution is 7.93. The largest absolute Gasteiger partial charge is 0.457 e. The van der Waals surface area contributed by atoms with Gasteiger partial charge in [-0.25, -0.2) is 0 Å². The molecule has 1 atom stereocenters. The normalized spacial score (nSPS) is 13.3. The lowest BCUT2D eigenvalue weighted by molar-refractivity contribution is 0.360. The van der Waals surface area contributed by atoms with Gasteiger partial charge < -0.3 is 14.5 Å². The second-order valence-corrected chi connectivity index (χ2v) is 10.3. The van der Waals surface area contributed by atoms with Gasteiger partial charge in [-0.1, -0.05) is 37.6 Å². The Morgan fingerprint density at radius 2 is 1.39 bits per heavy atom. The molecular weight excluding hydrogens is 403 g/mol. The molecule has 2 aromatic carbocycles. The Labute approximate surface area is 165 Å².